The van der Waals surface area contributed by atoms with E-state index in [-0.39, 0.29) is 16.6 Å². The van der Waals surface area contributed by atoms with Crippen molar-refractivity contribution < 1.29 is 4.79 Å². The van der Waals surface area contributed by atoms with E-state index in [9.17, 15) is 4.79 Å². The average Bonchev–Trinajstić information content (AvgIpc) is 2.79. The summed E-state index contributed by atoms with van der Waals surface area (Å²) in [5.41, 5.74) is -0.313. The van der Waals surface area contributed by atoms with Crippen LogP contribution in [0.25, 0.3) is 0 Å². The monoisotopic (exact) mass is 268 g/mol. The van der Waals surface area contributed by atoms with Gasteiger partial charge in [0.05, 0.1) is 5.41 Å². The van der Waals surface area contributed by atoms with Crippen LogP contribution in [-0.4, -0.2) is 29.0 Å². The molecule has 1 amide bonds. The molecule has 1 atom stereocenters. The smallest absolute Gasteiger partial charge is 0.233 e. The summed E-state index contributed by atoms with van der Waals surface area (Å²) >= 11 is 5.70. The van der Waals surface area contributed by atoms with Gasteiger partial charge in [0.1, 0.15) is 5.82 Å². The van der Waals surface area contributed by atoms with E-state index in [1.165, 1.54) is 6.20 Å². The van der Waals surface area contributed by atoms with Gasteiger partial charge >= 0.3 is 0 Å². The minimum atomic E-state index is -0.313. The average molecular weight is 269 g/mol. The van der Waals surface area contributed by atoms with Crippen molar-refractivity contribution in [3.63, 3.8) is 0 Å². The predicted octanol–water partition coefficient (Wildman–Crippen LogP) is 1.85. The molecule has 1 fully saturated rings. The third-order valence-corrected chi connectivity index (χ3v) is 3.50. The standard InChI is InChI=1S/C12H17ClN4O/c1-2-4-12(5-7-14-8-12)10(18)16-9-3-6-15-11(13)17-9/h3,6,14H,2,4-5,7-8H2,1H3,(H,15,16,17,18). The predicted molar refractivity (Wildman–Crippen MR) is 70.5 cm³/mol. The Hall–Kier alpha value is -1.20. The van der Waals surface area contributed by atoms with Crippen LogP contribution in [0.3, 0.4) is 0 Å². The maximum absolute atomic E-state index is 12.4. The Labute approximate surface area is 111 Å². The second kappa shape index (κ2) is 5.63. The molecule has 18 heavy (non-hydrogen) atoms. The minimum absolute atomic E-state index is 0.0177. The number of anilines is 1. The van der Waals surface area contributed by atoms with Gasteiger partial charge in [0.15, 0.2) is 0 Å². The third-order valence-electron chi connectivity index (χ3n) is 3.32. The molecule has 2 rings (SSSR count). The number of amides is 1. The largest absolute Gasteiger partial charge is 0.316 e. The Kier molecular flexibility index (Phi) is 4.14. The fraction of sp³-hybridized carbons (Fsp3) is 0.583. The molecule has 2 heterocycles. The van der Waals surface area contributed by atoms with Crippen LogP contribution in [0.5, 0.6) is 0 Å². The van der Waals surface area contributed by atoms with Crippen LogP contribution in [-0.2, 0) is 4.79 Å². The number of carbonyl (C=O) groups excluding carboxylic acids is 1. The number of carbonyl (C=O) groups is 1. The van der Waals surface area contributed by atoms with Crippen molar-refractivity contribution in [3.05, 3.63) is 17.5 Å². The first kappa shape index (κ1) is 13.2. The third kappa shape index (κ3) is 2.79. The van der Waals surface area contributed by atoms with Crippen molar-refractivity contribution in [1.29, 1.82) is 0 Å². The van der Waals surface area contributed by atoms with E-state index in [1.807, 2.05) is 0 Å². The van der Waals surface area contributed by atoms with Crippen LogP contribution in [0, 0.1) is 5.41 Å². The Bertz CT molecular complexity index is 432. The summed E-state index contributed by atoms with van der Waals surface area (Å²) in [6.07, 6.45) is 4.26. The number of aromatic nitrogens is 2. The van der Waals surface area contributed by atoms with Gasteiger partial charge in [-0.2, -0.15) is 0 Å². The van der Waals surface area contributed by atoms with Crippen LogP contribution in [0.4, 0.5) is 5.82 Å². The molecule has 0 radical (unpaired) electrons. The van der Waals surface area contributed by atoms with Crippen molar-refractivity contribution in [2.24, 2.45) is 5.41 Å². The maximum atomic E-state index is 12.4. The summed E-state index contributed by atoms with van der Waals surface area (Å²) in [6.45, 7) is 3.71. The van der Waals surface area contributed by atoms with Crippen molar-refractivity contribution in [2.45, 2.75) is 26.2 Å². The number of hydrogen-bond donors (Lipinski definition) is 2. The molecule has 1 aromatic heterocycles. The molecule has 5 nitrogen and oxygen atoms in total. The second-order valence-corrected chi connectivity index (χ2v) is 4.96. The highest BCUT2D eigenvalue weighted by atomic mass is 35.5. The van der Waals surface area contributed by atoms with Gasteiger partial charge in [-0.15, -0.1) is 0 Å². The number of halogens is 1. The molecular formula is C12H17ClN4O. The van der Waals surface area contributed by atoms with Crippen molar-refractivity contribution in [1.82, 2.24) is 15.3 Å². The number of hydrogen-bond acceptors (Lipinski definition) is 4. The molecule has 0 spiro atoms. The molecule has 0 aliphatic carbocycles. The van der Waals surface area contributed by atoms with Gasteiger partial charge < -0.3 is 10.6 Å². The van der Waals surface area contributed by atoms with Gasteiger partial charge in [-0.25, -0.2) is 9.97 Å². The summed E-state index contributed by atoms with van der Waals surface area (Å²) in [7, 11) is 0. The molecule has 1 saturated heterocycles. The minimum Gasteiger partial charge on any atom is -0.316 e. The highest BCUT2D eigenvalue weighted by Crippen LogP contribution is 2.32. The van der Waals surface area contributed by atoms with Gasteiger partial charge in [0.2, 0.25) is 11.2 Å². The van der Waals surface area contributed by atoms with Crippen LogP contribution in [0.15, 0.2) is 12.3 Å². The van der Waals surface area contributed by atoms with Gasteiger partial charge in [-0.05, 0) is 37.1 Å². The number of nitrogens with one attached hydrogen (secondary N) is 2. The first-order valence-electron chi connectivity index (χ1n) is 6.17. The normalized spacial score (nSPS) is 23.0. The number of nitrogens with zero attached hydrogens (tertiary/aromatic N) is 2. The van der Waals surface area contributed by atoms with Gasteiger partial charge in [-0.3, -0.25) is 4.79 Å². The fourth-order valence-electron chi connectivity index (χ4n) is 2.40. The number of rotatable bonds is 4. The summed E-state index contributed by atoms with van der Waals surface area (Å²) in [6, 6.07) is 1.64. The molecule has 2 N–H and O–H groups in total. The molecule has 0 aromatic carbocycles. The summed E-state index contributed by atoms with van der Waals surface area (Å²) in [5, 5.41) is 6.23. The van der Waals surface area contributed by atoms with Gasteiger partial charge in [0.25, 0.3) is 0 Å². The molecule has 6 heteroatoms. The van der Waals surface area contributed by atoms with E-state index in [2.05, 4.69) is 27.5 Å². The topological polar surface area (TPSA) is 66.9 Å². The van der Waals surface area contributed by atoms with Crippen molar-refractivity contribution in [2.75, 3.05) is 18.4 Å². The Morgan fingerprint density at radius 1 is 1.67 bits per heavy atom. The van der Waals surface area contributed by atoms with Gasteiger partial charge in [0, 0.05) is 12.7 Å². The molecule has 1 aliphatic rings. The van der Waals surface area contributed by atoms with Crippen LogP contribution < -0.4 is 10.6 Å². The Morgan fingerprint density at radius 3 is 3.11 bits per heavy atom. The molecule has 0 bridgehead atoms. The van der Waals surface area contributed by atoms with E-state index in [0.717, 1.165) is 32.4 Å². The van der Waals surface area contributed by atoms with Crippen molar-refractivity contribution in [3.8, 4) is 0 Å². The highest BCUT2D eigenvalue weighted by Gasteiger charge is 2.40. The lowest BCUT2D eigenvalue weighted by Crippen LogP contribution is -2.38. The zero-order valence-corrected chi connectivity index (χ0v) is 11.1. The molecule has 1 aliphatic heterocycles. The van der Waals surface area contributed by atoms with E-state index < -0.39 is 0 Å². The maximum Gasteiger partial charge on any atom is 0.233 e. The van der Waals surface area contributed by atoms with E-state index in [1.54, 1.807) is 6.07 Å². The molecule has 1 unspecified atom stereocenters. The SMILES string of the molecule is CCCC1(C(=O)Nc2ccnc(Cl)n2)CCNC1. The summed E-state index contributed by atoms with van der Waals surface area (Å²) in [5.74, 6) is 0.478. The van der Waals surface area contributed by atoms with Crippen molar-refractivity contribution >= 4 is 23.3 Å². The van der Waals surface area contributed by atoms with E-state index in [0.29, 0.717) is 5.82 Å². The lowest BCUT2D eigenvalue weighted by molar-refractivity contribution is -0.125. The first-order valence-corrected chi connectivity index (χ1v) is 6.55. The highest BCUT2D eigenvalue weighted by molar-refractivity contribution is 6.28. The van der Waals surface area contributed by atoms with Crippen LogP contribution >= 0.6 is 11.6 Å². The van der Waals surface area contributed by atoms with Gasteiger partial charge in [-0.1, -0.05) is 13.3 Å². The summed E-state index contributed by atoms with van der Waals surface area (Å²) < 4.78 is 0. The first-order chi connectivity index (χ1) is 8.66. The van der Waals surface area contributed by atoms with E-state index in [4.69, 9.17) is 11.6 Å². The van der Waals surface area contributed by atoms with Crippen LogP contribution in [0.1, 0.15) is 26.2 Å². The van der Waals surface area contributed by atoms with E-state index >= 15 is 0 Å². The molecular weight excluding hydrogens is 252 g/mol. The lowest BCUT2D eigenvalue weighted by Gasteiger charge is -2.26. The fourth-order valence-corrected chi connectivity index (χ4v) is 2.54. The molecule has 0 saturated carbocycles. The second-order valence-electron chi connectivity index (χ2n) is 4.62. The zero-order valence-electron chi connectivity index (χ0n) is 10.4. The summed E-state index contributed by atoms with van der Waals surface area (Å²) in [4.78, 5) is 20.2. The lowest BCUT2D eigenvalue weighted by atomic mass is 9.81. The molecule has 1 aromatic rings. The van der Waals surface area contributed by atoms with Crippen LogP contribution in [0.2, 0.25) is 5.28 Å². The quantitative estimate of drug-likeness (QED) is 0.818. The Morgan fingerprint density at radius 2 is 2.50 bits per heavy atom. The zero-order chi connectivity index (χ0) is 13.0. The Balaban J connectivity index is 2.10. The molecule has 98 valence electrons.